The van der Waals surface area contributed by atoms with Crippen LogP contribution in [0.2, 0.25) is 0 Å². The van der Waals surface area contributed by atoms with E-state index in [-0.39, 0.29) is 5.82 Å². The van der Waals surface area contributed by atoms with Gasteiger partial charge >= 0.3 is 0 Å². The van der Waals surface area contributed by atoms with Crippen molar-refractivity contribution in [1.29, 1.82) is 0 Å². The van der Waals surface area contributed by atoms with Crippen molar-refractivity contribution >= 4 is 0 Å². The molecule has 0 saturated heterocycles. The van der Waals surface area contributed by atoms with Gasteiger partial charge in [0.15, 0.2) is 0 Å². The van der Waals surface area contributed by atoms with E-state index in [4.69, 9.17) is 0 Å². The Kier molecular flexibility index (Phi) is 14.1. The second-order valence-corrected chi connectivity index (χ2v) is 6.42. The number of aryl methyl sites for hydroxylation is 1. The third-order valence-electron chi connectivity index (χ3n) is 4.20. The number of nitrogens with two attached hydrogens (primary N) is 1. The molecule has 2 rings (SSSR count). The van der Waals surface area contributed by atoms with Gasteiger partial charge in [0.05, 0.1) is 0 Å². The molecule has 2 N–H and O–H groups in total. The van der Waals surface area contributed by atoms with Gasteiger partial charge in [-0.1, -0.05) is 50.3 Å². The molecule has 1 saturated carbocycles. The van der Waals surface area contributed by atoms with E-state index in [0.29, 0.717) is 0 Å². The predicted octanol–water partition coefficient (Wildman–Crippen LogP) is 5.01. The summed E-state index contributed by atoms with van der Waals surface area (Å²) < 4.78 is 12.1. The molecule has 134 valence electrons. The number of rotatable bonds is 5. The van der Waals surface area contributed by atoms with Gasteiger partial charge in [-0.2, -0.15) is 0 Å². The van der Waals surface area contributed by atoms with Crippen LogP contribution in [0, 0.1) is 18.7 Å². The summed E-state index contributed by atoms with van der Waals surface area (Å²) in [5.74, 6) is 0.839. The minimum atomic E-state index is -0.171. The Labute approximate surface area is 143 Å². The van der Waals surface area contributed by atoms with Crippen molar-refractivity contribution in [3.05, 3.63) is 35.6 Å². The van der Waals surface area contributed by atoms with Crippen LogP contribution < -0.4 is 5.73 Å². The molecule has 2 nitrogen and oxygen atoms in total. The Morgan fingerprint density at radius 3 is 2.13 bits per heavy atom. The summed E-state index contributed by atoms with van der Waals surface area (Å²) in [6, 6.07) is 6.40. The zero-order valence-electron chi connectivity index (χ0n) is 15.7. The highest BCUT2D eigenvalue weighted by Crippen LogP contribution is 2.24. The second-order valence-electron chi connectivity index (χ2n) is 6.42. The lowest BCUT2D eigenvalue weighted by molar-refractivity contribution is 0.231. The van der Waals surface area contributed by atoms with Gasteiger partial charge in [0.1, 0.15) is 5.82 Å². The zero-order chi connectivity index (χ0) is 17.5. The second kappa shape index (κ2) is 14.6. The summed E-state index contributed by atoms with van der Waals surface area (Å²) in [7, 11) is 3.78. The summed E-state index contributed by atoms with van der Waals surface area (Å²) in [6.45, 7) is 6.85. The maximum atomic E-state index is 12.1. The number of nitrogens with zero attached hydrogens (tertiary/aromatic N) is 1. The summed E-state index contributed by atoms with van der Waals surface area (Å²) in [6.07, 6.45) is 10.1. The first-order valence-corrected chi connectivity index (χ1v) is 9.10. The molecule has 0 atom stereocenters. The van der Waals surface area contributed by atoms with Crippen LogP contribution in [0.15, 0.2) is 24.3 Å². The van der Waals surface area contributed by atoms with Gasteiger partial charge < -0.3 is 10.6 Å². The van der Waals surface area contributed by atoms with Crippen LogP contribution in [0.1, 0.15) is 57.4 Å². The Morgan fingerprint density at radius 1 is 1.09 bits per heavy atom. The van der Waals surface area contributed by atoms with Gasteiger partial charge in [-0.15, -0.1) is 0 Å². The topological polar surface area (TPSA) is 29.3 Å². The zero-order valence-corrected chi connectivity index (χ0v) is 15.7. The maximum absolute atomic E-state index is 12.1. The van der Waals surface area contributed by atoms with E-state index in [1.165, 1.54) is 77.2 Å². The van der Waals surface area contributed by atoms with E-state index < -0.39 is 0 Å². The highest BCUT2D eigenvalue weighted by Gasteiger charge is 2.14. The highest BCUT2D eigenvalue weighted by molar-refractivity contribution is 5.13. The smallest absolute Gasteiger partial charge is 0.123 e. The van der Waals surface area contributed by atoms with Crippen LogP contribution in [0.3, 0.4) is 0 Å². The molecular formula is C20H37FN2. The quantitative estimate of drug-likeness (QED) is 0.825. The first-order chi connectivity index (χ1) is 11.1. The van der Waals surface area contributed by atoms with Crippen LogP contribution in [0.25, 0.3) is 0 Å². The third-order valence-corrected chi connectivity index (χ3v) is 4.20. The Hall–Kier alpha value is -0.930. The lowest BCUT2D eigenvalue weighted by Crippen LogP contribution is -2.27. The third kappa shape index (κ3) is 12.2. The molecule has 1 fully saturated rings. The molecule has 3 heteroatoms. The fourth-order valence-corrected chi connectivity index (χ4v) is 2.86. The number of benzene rings is 1. The largest absolute Gasteiger partial charge is 0.333 e. The normalized spacial score (nSPS) is 14.6. The van der Waals surface area contributed by atoms with Gasteiger partial charge in [-0.3, -0.25) is 0 Å². The summed E-state index contributed by atoms with van der Waals surface area (Å²) >= 11 is 0. The van der Waals surface area contributed by atoms with Crippen LogP contribution in [-0.2, 0) is 0 Å². The monoisotopic (exact) mass is 324 g/mol. The van der Waals surface area contributed by atoms with E-state index in [1.54, 1.807) is 12.1 Å². The van der Waals surface area contributed by atoms with Crippen LogP contribution >= 0.6 is 0 Å². The van der Waals surface area contributed by atoms with Crippen molar-refractivity contribution in [2.75, 3.05) is 27.2 Å². The van der Waals surface area contributed by atoms with Gasteiger partial charge in [0.2, 0.25) is 0 Å². The lowest BCUT2D eigenvalue weighted by atomic mass is 9.89. The van der Waals surface area contributed by atoms with Crippen molar-refractivity contribution in [2.45, 2.75) is 58.8 Å². The number of hydrogen-bond donors (Lipinski definition) is 1. The molecular weight excluding hydrogens is 287 g/mol. The van der Waals surface area contributed by atoms with Crippen molar-refractivity contribution in [2.24, 2.45) is 11.7 Å². The van der Waals surface area contributed by atoms with Crippen molar-refractivity contribution in [1.82, 2.24) is 4.90 Å². The van der Waals surface area contributed by atoms with Gasteiger partial charge in [0.25, 0.3) is 0 Å². The Balaban J connectivity index is 0.000000414. The molecule has 0 bridgehead atoms. The summed E-state index contributed by atoms with van der Waals surface area (Å²) in [5, 5.41) is 0. The fourth-order valence-electron chi connectivity index (χ4n) is 2.86. The Morgan fingerprint density at radius 2 is 1.65 bits per heavy atom. The molecule has 1 aromatic rings. The summed E-state index contributed by atoms with van der Waals surface area (Å²) in [5.41, 5.74) is 5.59. The number of hydrogen-bond acceptors (Lipinski definition) is 2. The average molecular weight is 325 g/mol. The van der Waals surface area contributed by atoms with Crippen LogP contribution in [0.5, 0.6) is 0 Å². The van der Waals surface area contributed by atoms with Crippen molar-refractivity contribution < 1.29 is 4.39 Å². The van der Waals surface area contributed by atoms with Gasteiger partial charge in [0, 0.05) is 6.54 Å². The van der Waals surface area contributed by atoms with Crippen LogP contribution in [-0.4, -0.2) is 32.1 Å². The molecule has 1 aromatic carbocycles. The van der Waals surface area contributed by atoms with Crippen molar-refractivity contribution in [3.8, 4) is 0 Å². The molecule has 0 radical (unpaired) electrons. The summed E-state index contributed by atoms with van der Waals surface area (Å²) in [4.78, 5) is 2.53. The standard InChI is InChI=1S/C12H25N.C7H7F.CH5N/c1-3-4-10-13(2)11-12-8-6-5-7-9-12;1-6-2-4-7(8)5-3-6;1-2/h12H,3-11H2,1-2H3;2-5H,1H3;2H2,1H3. The first kappa shape index (κ1) is 22.1. The molecule has 1 aliphatic rings. The number of halogens is 1. The Bertz CT molecular complexity index is 337. The van der Waals surface area contributed by atoms with E-state index in [9.17, 15) is 4.39 Å². The predicted molar refractivity (Wildman–Crippen MR) is 100 cm³/mol. The molecule has 0 aliphatic heterocycles. The molecule has 0 spiro atoms. The van der Waals surface area contributed by atoms with E-state index >= 15 is 0 Å². The first-order valence-electron chi connectivity index (χ1n) is 9.10. The minimum Gasteiger partial charge on any atom is -0.333 e. The molecule has 0 amide bonds. The molecule has 0 unspecified atom stereocenters. The number of unbranched alkanes of at least 4 members (excludes halogenated alkanes) is 1. The molecule has 1 aliphatic carbocycles. The average Bonchev–Trinajstić information content (AvgIpc) is 2.59. The minimum absolute atomic E-state index is 0.171. The maximum Gasteiger partial charge on any atom is 0.123 e. The van der Waals surface area contributed by atoms with Gasteiger partial charge in [-0.25, -0.2) is 4.39 Å². The van der Waals surface area contributed by atoms with Crippen molar-refractivity contribution in [3.63, 3.8) is 0 Å². The van der Waals surface area contributed by atoms with E-state index in [0.717, 1.165) is 11.5 Å². The molecule has 0 heterocycles. The lowest BCUT2D eigenvalue weighted by Gasteiger charge is -2.26. The molecule has 0 aromatic heterocycles. The van der Waals surface area contributed by atoms with Crippen LogP contribution in [0.4, 0.5) is 4.39 Å². The van der Waals surface area contributed by atoms with E-state index in [2.05, 4.69) is 24.6 Å². The molecule has 23 heavy (non-hydrogen) atoms. The fraction of sp³-hybridized carbons (Fsp3) is 0.700. The highest BCUT2D eigenvalue weighted by atomic mass is 19.1. The van der Waals surface area contributed by atoms with Gasteiger partial charge in [-0.05, 0) is 64.9 Å². The SMILES string of the molecule is CCCCN(C)CC1CCCCC1.CN.Cc1ccc(F)cc1. The van der Waals surface area contributed by atoms with E-state index in [1.807, 2.05) is 6.92 Å².